The molecule has 6 heteroatoms. The summed E-state index contributed by atoms with van der Waals surface area (Å²) in [5.74, 6) is -0.464. The zero-order valence-electron chi connectivity index (χ0n) is 9.23. The predicted molar refractivity (Wildman–Crippen MR) is 62.5 cm³/mol. The first-order chi connectivity index (χ1) is 8.08. The van der Waals surface area contributed by atoms with Crippen LogP contribution in [0.3, 0.4) is 0 Å². The lowest BCUT2D eigenvalue weighted by Gasteiger charge is -2.02. The SMILES string of the molecule is COC(=O)c1cc2nc(Cl)c(C=O)cc2n1C. The van der Waals surface area contributed by atoms with Crippen LogP contribution in [0.4, 0.5) is 0 Å². The Kier molecular flexibility index (Phi) is 2.85. The molecule has 0 saturated carbocycles. The maximum absolute atomic E-state index is 11.5. The van der Waals surface area contributed by atoms with E-state index in [4.69, 9.17) is 11.6 Å². The first kappa shape index (κ1) is 11.6. The van der Waals surface area contributed by atoms with Gasteiger partial charge < -0.3 is 9.30 Å². The standard InChI is InChI=1S/C11H9ClN2O3/c1-14-8-3-6(5-15)10(12)13-7(8)4-9(14)11(16)17-2/h3-5H,1-2H3. The third kappa shape index (κ3) is 1.78. The van der Waals surface area contributed by atoms with Crippen molar-refractivity contribution in [3.8, 4) is 0 Å². The molecule has 0 N–H and O–H groups in total. The highest BCUT2D eigenvalue weighted by Crippen LogP contribution is 2.22. The lowest BCUT2D eigenvalue weighted by atomic mass is 10.3. The van der Waals surface area contributed by atoms with Gasteiger partial charge in [0, 0.05) is 7.05 Å². The van der Waals surface area contributed by atoms with E-state index in [-0.39, 0.29) is 10.7 Å². The van der Waals surface area contributed by atoms with Gasteiger partial charge in [0.15, 0.2) is 6.29 Å². The Bertz CT molecular complexity index is 619. The van der Waals surface area contributed by atoms with Gasteiger partial charge in [-0.1, -0.05) is 11.6 Å². The molecule has 0 aliphatic carbocycles. The molecule has 0 aliphatic rings. The Labute approximate surface area is 102 Å². The van der Waals surface area contributed by atoms with Crippen molar-refractivity contribution in [2.75, 3.05) is 7.11 Å². The number of carbonyl (C=O) groups excluding carboxylic acids is 2. The van der Waals surface area contributed by atoms with Crippen LogP contribution in [0.25, 0.3) is 11.0 Å². The molecule has 0 fully saturated rings. The minimum Gasteiger partial charge on any atom is -0.464 e. The van der Waals surface area contributed by atoms with E-state index < -0.39 is 5.97 Å². The first-order valence-electron chi connectivity index (χ1n) is 4.78. The molecule has 0 atom stereocenters. The Balaban J connectivity index is 2.74. The van der Waals surface area contributed by atoms with Crippen molar-refractivity contribution in [3.63, 3.8) is 0 Å². The van der Waals surface area contributed by atoms with Crippen molar-refractivity contribution in [2.45, 2.75) is 0 Å². The highest BCUT2D eigenvalue weighted by Gasteiger charge is 2.16. The molecular weight excluding hydrogens is 244 g/mol. The van der Waals surface area contributed by atoms with Gasteiger partial charge in [0.2, 0.25) is 0 Å². The molecule has 0 aromatic carbocycles. The zero-order chi connectivity index (χ0) is 12.6. The van der Waals surface area contributed by atoms with E-state index in [1.54, 1.807) is 23.7 Å². The van der Waals surface area contributed by atoms with Gasteiger partial charge in [-0.05, 0) is 12.1 Å². The number of nitrogens with zero attached hydrogens (tertiary/aromatic N) is 2. The Hall–Kier alpha value is -1.88. The van der Waals surface area contributed by atoms with E-state index in [0.717, 1.165) is 0 Å². The van der Waals surface area contributed by atoms with Crippen LogP contribution in [-0.4, -0.2) is 28.9 Å². The summed E-state index contributed by atoms with van der Waals surface area (Å²) >= 11 is 5.81. The number of methoxy groups -OCH3 is 1. The number of pyridine rings is 1. The normalized spacial score (nSPS) is 10.5. The molecule has 2 aromatic rings. The van der Waals surface area contributed by atoms with Gasteiger partial charge in [0.05, 0.1) is 23.7 Å². The van der Waals surface area contributed by atoms with Gasteiger partial charge in [0.25, 0.3) is 0 Å². The van der Waals surface area contributed by atoms with Crippen LogP contribution in [-0.2, 0) is 11.8 Å². The minimum absolute atomic E-state index is 0.120. The molecule has 0 amide bonds. The summed E-state index contributed by atoms with van der Waals surface area (Å²) in [6, 6.07) is 3.16. The van der Waals surface area contributed by atoms with Crippen LogP contribution in [0.15, 0.2) is 12.1 Å². The Morgan fingerprint density at radius 2 is 2.24 bits per heavy atom. The quantitative estimate of drug-likeness (QED) is 0.465. The molecule has 5 nitrogen and oxygen atoms in total. The van der Waals surface area contributed by atoms with Crippen molar-refractivity contribution in [1.82, 2.24) is 9.55 Å². The summed E-state index contributed by atoms with van der Waals surface area (Å²) in [6.07, 6.45) is 0.625. The number of hydrogen-bond donors (Lipinski definition) is 0. The zero-order valence-corrected chi connectivity index (χ0v) is 9.99. The molecule has 0 saturated heterocycles. The van der Waals surface area contributed by atoms with Crippen molar-refractivity contribution in [2.24, 2.45) is 7.05 Å². The van der Waals surface area contributed by atoms with E-state index in [0.29, 0.717) is 23.0 Å². The third-order valence-corrected chi connectivity index (χ3v) is 2.83. The van der Waals surface area contributed by atoms with Gasteiger partial charge in [-0.25, -0.2) is 9.78 Å². The van der Waals surface area contributed by atoms with Gasteiger partial charge in [-0.2, -0.15) is 0 Å². The van der Waals surface area contributed by atoms with E-state index in [2.05, 4.69) is 9.72 Å². The average Bonchev–Trinajstić information content (AvgIpc) is 2.64. The van der Waals surface area contributed by atoms with E-state index in [9.17, 15) is 9.59 Å². The number of rotatable bonds is 2. The number of ether oxygens (including phenoxy) is 1. The lowest BCUT2D eigenvalue weighted by molar-refractivity contribution is 0.0590. The largest absolute Gasteiger partial charge is 0.464 e. The average molecular weight is 253 g/mol. The summed E-state index contributed by atoms with van der Waals surface area (Å²) in [7, 11) is 3.00. The number of hydrogen-bond acceptors (Lipinski definition) is 4. The maximum atomic E-state index is 11.5. The topological polar surface area (TPSA) is 61.2 Å². The number of esters is 1. The van der Waals surface area contributed by atoms with Crippen molar-refractivity contribution < 1.29 is 14.3 Å². The molecule has 0 bridgehead atoms. The fourth-order valence-electron chi connectivity index (χ4n) is 1.62. The predicted octanol–water partition coefficient (Wildman–Crippen LogP) is 1.83. The maximum Gasteiger partial charge on any atom is 0.354 e. The van der Waals surface area contributed by atoms with E-state index in [1.807, 2.05) is 0 Å². The van der Waals surface area contributed by atoms with Crippen LogP contribution in [0.2, 0.25) is 5.15 Å². The Morgan fingerprint density at radius 3 is 2.82 bits per heavy atom. The first-order valence-corrected chi connectivity index (χ1v) is 5.15. The van der Waals surface area contributed by atoms with Gasteiger partial charge in [-0.15, -0.1) is 0 Å². The molecule has 0 spiro atoms. The molecule has 17 heavy (non-hydrogen) atoms. The van der Waals surface area contributed by atoms with Crippen LogP contribution >= 0.6 is 11.6 Å². The van der Waals surface area contributed by atoms with Crippen LogP contribution < -0.4 is 0 Å². The fraction of sp³-hybridized carbons (Fsp3) is 0.182. The van der Waals surface area contributed by atoms with Crippen LogP contribution in [0, 0.1) is 0 Å². The molecule has 2 heterocycles. The van der Waals surface area contributed by atoms with Gasteiger partial charge in [-0.3, -0.25) is 4.79 Å². The monoisotopic (exact) mass is 252 g/mol. The molecule has 0 unspecified atom stereocenters. The Morgan fingerprint density at radius 1 is 1.53 bits per heavy atom. The number of aryl methyl sites for hydroxylation is 1. The molecule has 0 radical (unpaired) electrons. The van der Waals surface area contributed by atoms with E-state index >= 15 is 0 Å². The second kappa shape index (κ2) is 4.18. The molecule has 2 rings (SSSR count). The number of aromatic nitrogens is 2. The van der Waals surface area contributed by atoms with Gasteiger partial charge in [0.1, 0.15) is 10.8 Å². The second-order valence-corrected chi connectivity index (χ2v) is 3.83. The highest BCUT2D eigenvalue weighted by molar-refractivity contribution is 6.32. The van der Waals surface area contributed by atoms with Gasteiger partial charge >= 0.3 is 5.97 Å². The molecule has 2 aromatic heterocycles. The van der Waals surface area contributed by atoms with E-state index in [1.165, 1.54) is 7.11 Å². The van der Waals surface area contributed by atoms with Crippen LogP contribution in [0.5, 0.6) is 0 Å². The minimum atomic E-state index is -0.464. The number of aldehydes is 1. The third-order valence-electron chi connectivity index (χ3n) is 2.53. The number of carbonyl (C=O) groups is 2. The summed E-state index contributed by atoms with van der Waals surface area (Å²) < 4.78 is 6.25. The fourth-order valence-corrected chi connectivity index (χ4v) is 1.81. The lowest BCUT2D eigenvalue weighted by Crippen LogP contribution is -2.07. The van der Waals surface area contributed by atoms with Crippen LogP contribution in [0.1, 0.15) is 20.8 Å². The van der Waals surface area contributed by atoms with Crippen molar-refractivity contribution in [1.29, 1.82) is 0 Å². The summed E-state index contributed by atoms with van der Waals surface area (Å²) in [5.41, 5.74) is 1.84. The molecule has 0 aliphatic heterocycles. The second-order valence-electron chi connectivity index (χ2n) is 3.47. The smallest absolute Gasteiger partial charge is 0.354 e. The molecular formula is C11H9ClN2O3. The number of halogens is 1. The molecule has 88 valence electrons. The summed E-state index contributed by atoms with van der Waals surface area (Å²) in [4.78, 5) is 26.3. The summed E-state index contributed by atoms with van der Waals surface area (Å²) in [5, 5.41) is 0.120. The highest BCUT2D eigenvalue weighted by atomic mass is 35.5. The number of fused-ring (bicyclic) bond motifs is 1. The van der Waals surface area contributed by atoms with Crippen molar-refractivity contribution >= 4 is 34.9 Å². The summed E-state index contributed by atoms with van der Waals surface area (Å²) in [6.45, 7) is 0. The van der Waals surface area contributed by atoms with Crippen molar-refractivity contribution in [3.05, 3.63) is 28.5 Å².